The Balaban J connectivity index is 2.73. The molecule has 0 bridgehead atoms. The van der Waals surface area contributed by atoms with Gasteiger partial charge < -0.3 is 0 Å². The highest BCUT2D eigenvalue weighted by Crippen LogP contribution is 2.41. The van der Waals surface area contributed by atoms with Gasteiger partial charge in [0.05, 0.1) is 0 Å². The van der Waals surface area contributed by atoms with Crippen LogP contribution in [0, 0.1) is 35.5 Å². The first kappa shape index (κ1) is 28.5. The monoisotopic (exact) mass is 430 g/mol. The van der Waals surface area contributed by atoms with Crippen LogP contribution in [-0.2, 0) is 0 Å². The van der Waals surface area contributed by atoms with Gasteiger partial charge in [-0.25, -0.2) is 0 Å². The second-order valence-corrected chi connectivity index (χ2v) is 11.2. The number of hydrogen-bond donors (Lipinski definition) is 0. The zero-order valence-electron chi connectivity index (χ0n) is 22.6. The average molecular weight is 431 g/mol. The molecule has 0 radical (unpaired) electrons. The van der Waals surface area contributed by atoms with E-state index in [1.807, 2.05) is 0 Å². The van der Waals surface area contributed by atoms with Crippen LogP contribution in [0.15, 0.2) is 23.8 Å². The summed E-state index contributed by atoms with van der Waals surface area (Å²) >= 11 is 0. The Kier molecular flexibility index (Phi) is 14.9. The summed E-state index contributed by atoms with van der Waals surface area (Å²) in [6, 6.07) is 0. The lowest BCUT2D eigenvalue weighted by Crippen LogP contribution is -2.20. The van der Waals surface area contributed by atoms with E-state index in [2.05, 4.69) is 54.5 Å². The van der Waals surface area contributed by atoms with Crippen LogP contribution in [0.5, 0.6) is 0 Å². The average Bonchev–Trinajstić information content (AvgIpc) is 3.43. The van der Waals surface area contributed by atoms with Gasteiger partial charge in [0.1, 0.15) is 0 Å². The van der Waals surface area contributed by atoms with Crippen LogP contribution in [0.1, 0.15) is 138 Å². The molecule has 0 heterocycles. The molecule has 0 heteroatoms. The Hall–Kier alpha value is -0.520. The fourth-order valence-corrected chi connectivity index (χ4v) is 5.96. The van der Waals surface area contributed by atoms with E-state index in [0.29, 0.717) is 0 Å². The molecule has 0 nitrogen and oxygen atoms in total. The van der Waals surface area contributed by atoms with Crippen LogP contribution >= 0.6 is 0 Å². The highest BCUT2D eigenvalue weighted by Gasteiger charge is 2.28. The quantitative estimate of drug-likeness (QED) is 0.133. The lowest BCUT2D eigenvalue weighted by atomic mass is 9.74. The molecule has 0 saturated heterocycles. The molecule has 1 aliphatic rings. The van der Waals surface area contributed by atoms with Gasteiger partial charge in [-0.05, 0) is 67.6 Å². The Morgan fingerprint density at radius 3 is 2.03 bits per heavy atom. The van der Waals surface area contributed by atoms with Crippen LogP contribution in [0.3, 0.4) is 0 Å². The van der Waals surface area contributed by atoms with Gasteiger partial charge in [-0.2, -0.15) is 0 Å². The van der Waals surface area contributed by atoms with E-state index in [-0.39, 0.29) is 0 Å². The predicted molar refractivity (Wildman–Crippen MR) is 143 cm³/mol. The van der Waals surface area contributed by atoms with Gasteiger partial charge in [0.15, 0.2) is 0 Å². The van der Waals surface area contributed by atoms with E-state index in [4.69, 9.17) is 6.58 Å². The lowest BCUT2D eigenvalue weighted by molar-refractivity contribution is 0.248. The van der Waals surface area contributed by atoms with E-state index in [1.165, 1.54) is 89.9 Å². The van der Waals surface area contributed by atoms with Crippen molar-refractivity contribution in [3.05, 3.63) is 23.8 Å². The zero-order valence-corrected chi connectivity index (χ0v) is 22.6. The Labute approximate surface area is 197 Å². The second-order valence-electron chi connectivity index (χ2n) is 11.2. The number of unbranched alkanes of at least 4 members (excludes halogenated alkanes) is 3. The fraction of sp³-hybridized carbons (Fsp3) is 0.871. The van der Waals surface area contributed by atoms with Crippen LogP contribution in [0.4, 0.5) is 0 Å². The molecule has 0 spiro atoms. The largest absolute Gasteiger partial charge is 0.0996 e. The lowest BCUT2D eigenvalue weighted by Gasteiger charge is -2.31. The number of hydrogen-bond acceptors (Lipinski definition) is 0. The van der Waals surface area contributed by atoms with E-state index in [9.17, 15) is 0 Å². The summed E-state index contributed by atoms with van der Waals surface area (Å²) < 4.78 is 0. The minimum Gasteiger partial charge on any atom is -0.0996 e. The summed E-state index contributed by atoms with van der Waals surface area (Å²) in [7, 11) is 0. The minimum atomic E-state index is 0.740. The highest BCUT2D eigenvalue weighted by atomic mass is 14.3. The summed E-state index contributed by atoms with van der Waals surface area (Å²) in [6.45, 7) is 21.5. The topological polar surface area (TPSA) is 0 Å². The van der Waals surface area contributed by atoms with E-state index in [0.717, 1.165) is 35.5 Å². The smallest absolute Gasteiger partial charge is 0.00484 e. The third-order valence-corrected chi connectivity index (χ3v) is 8.20. The maximum Gasteiger partial charge on any atom is -0.00484 e. The van der Waals surface area contributed by atoms with Gasteiger partial charge in [0.25, 0.3) is 0 Å². The Morgan fingerprint density at radius 1 is 0.839 bits per heavy atom. The molecule has 0 fully saturated rings. The van der Waals surface area contributed by atoms with Gasteiger partial charge in [-0.15, -0.1) is 0 Å². The SMILES string of the molecule is C=C(CC(CCC)CC(C)C(CCCCC)CC1=CC1C)C(CCC)C(C)CCCC. The molecule has 0 aliphatic heterocycles. The standard InChI is InChI=1S/C31H58/c1-9-13-15-19-29(23-30-22-26(30)7)25(6)20-28(16-11-3)21-27(8)31(17-12-4)24(5)18-14-10-2/h22,24-26,28-29,31H,8-21,23H2,1-7H3. The van der Waals surface area contributed by atoms with Gasteiger partial charge in [-0.3, -0.25) is 0 Å². The second kappa shape index (κ2) is 16.1. The summed E-state index contributed by atoms with van der Waals surface area (Å²) in [6.07, 6.45) is 21.6. The van der Waals surface area contributed by atoms with Crippen molar-refractivity contribution < 1.29 is 0 Å². The first-order chi connectivity index (χ1) is 14.9. The van der Waals surface area contributed by atoms with Crippen molar-refractivity contribution >= 4 is 0 Å². The van der Waals surface area contributed by atoms with Crippen molar-refractivity contribution in [2.75, 3.05) is 0 Å². The van der Waals surface area contributed by atoms with Crippen molar-refractivity contribution in [2.24, 2.45) is 35.5 Å². The molecule has 0 aromatic rings. The van der Waals surface area contributed by atoms with Crippen LogP contribution in [0.2, 0.25) is 0 Å². The van der Waals surface area contributed by atoms with Crippen LogP contribution < -0.4 is 0 Å². The van der Waals surface area contributed by atoms with E-state index < -0.39 is 0 Å². The van der Waals surface area contributed by atoms with Crippen molar-refractivity contribution in [3.8, 4) is 0 Å². The highest BCUT2D eigenvalue weighted by molar-refractivity contribution is 5.28. The van der Waals surface area contributed by atoms with Crippen LogP contribution in [0.25, 0.3) is 0 Å². The van der Waals surface area contributed by atoms with Crippen molar-refractivity contribution in [1.29, 1.82) is 0 Å². The number of allylic oxidation sites excluding steroid dienone is 3. The summed E-state index contributed by atoms with van der Waals surface area (Å²) in [5.41, 5.74) is 3.33. The number of rotatable bonds is 20. The van der Waals surface area contributed by atoms with E-state index in [1.54, 1.807) is 11.1 Å². The Morgan fingerprint density at radius 2 is 1.48 bits per heavy atom. The van der Waals surface area contributed by atoms with Gasteiger partial charge in [0, 0.05) is 0 Å². The molecule has 0 N–H and O–H groups in total. The minimum absolute atomic E-state index is 0.740. The summed E-state index contributed by atoms with van der Waals surface area (Å²) in [5, 5.41) is 0. The van der Waals surface area contributed by atoms with Crippen LogP contribution in [-0.4, -0.2) is 0 Å². The molecular formula is C31H58. The molecule has 1 rings (SSSR count). The zero-order chi connectivity index (χ0) is 23.2. The summed E-state index contributed by atoms with van der Waals surface area (Å²) in [5.74, 6) is 4.92. The first-order valence-electron chi connectivity index (χ1n) is 14.3. The van der Waals surface area contributed by atoms with Gasteiger partial charge in [0.2, 0.25) is 0 Å². The molecule has 0 aromatic carbocycles. The first-order valence-corrected chi connectivity index (χ1v) is 14.3. The third kappa shape index (κ3) is 11.3. The maximum atomic E-state index is 4.70. The van der Waals surface area contributed by atoms with E-state index >= 15 is 0 Å². The molecule has 0 aromatic heterocycles. The third-order valence-electron chi connectivity index (χ3n) is 8.20. The molecule has 182 valence electrons. The Bertz CT molecular complexity index is 498. The molecule has 6 unspecified atom stereocenters. The van der Waals surface area contributed by atoms with Crippen molar-refractivity contribution in [1.82, 2.24) is 0 Å². The molecule has 0 amide bonds. The predicted octanol–water partition coefficient (Wildman–Crippen LogP) is 10.8. The molecular weight excluding hydrogens is 372 g/mol. The van der Waals surface area contributed by atoms with Gasteiger partial charge >= 0.3 is 0 Å². The normalized spacial score (nSPS) is 20.6. The maximum absolute atomic E-state index is 4.70. The molecule has 31 heavy (non-hydrogen) atoms. The van der Waals surface area contributed by atoms with Crippen molar-refractivity contribution in [2.45, 2.75) is 138 Å². The summed E-state index contributed by atoms with van der Waals surface area (Å²) in [4.78, 5) is 0. The fourth-order valence-electron chi connectivity index (χ4n) is 5.96. The van der Waals surface area contributed by atoms with Gasteiger partial charge in [-0.1, -0.05) is 130 Å². The molecule has 0 saturated carbocycles. The molecule has 1 aliphatic carbocycles. The molecule has 6 atom stereocenters. The van der Waals surface area contributed by atoms with Crippen molar-refractivity contribution in [3.63, 3.8) is 0 Å².